The Labute approximate surface area is 184 Å². The second kappa shape index (κ2) is 10.4. The molecule has 6 nitrogen and oxygen atoms in total. The van der Waals surface area contributed by atoms with Gasteiger partial charge in [0.05, 0.1) is 5.57 Å². The number of aromatic nitrogens is 1. The van der Waals surface area contributed by atoms with Crippen molar-refractivity contribution in [2.24, 2.45) is 0 Å². The Morgan fingerprint density at radius 2 is 1.87 bits per heavy atom. The third-order valence-electron chi connectivity index (χ3n) is 5.94. The molecular weight excluding hydrogens is 388 g/mol. The lowest BCUT2D eigenvalue weighted by atomic mass is 9.93. The molecule has 1 aromatic heterocycles. The first-order valence-electron chi connectivity index (χ1n) is 11.1. The summed E-state index contributed by atoms with van der Waals surface area (Å²) in [6.07, 6.45) is 5.62. The fraction of sp³-hybridized carbons (Fsp3) is 0.440. The van der Waals surface area contributed by atoms with Gasteiger partial charge in [0.15, 0.2) is 0 Å². The Morgan fingerprint density at radius 1 is 1.13 bits per heavy atom. The van der Waals surface area contributed by atoms with Crippen LogP contribution in [0.15, 0.2) is 24.3 Å². The summed E-state index contributed by atoms with van der Waals surface area (Å²) in [6.45, 7) is 7.92. The van der Waals surface area contributed by atoms with E-state index in [9.17, 15) is 9.59 Å². The van der Waals surface area contributed by atoms with Crippen molar-refractivity contribution in [2.75, 3.05) is 25.5 Å². The zero-order chi connectivity index (χ0) is 22.4. The SMILES string of the molecule is CNCCCCCNC(=O)CC(C)c1c(C)[nH]c(C=C2C(=O)Nc3ccccc32)c1C. The minimum atomic E-state index is -0.0865. The van der Waals surface area contributed by atoms with E-state index in [0.29, 0.717) is 12.0 Å². The highest BCUT2D eigenvalue weighted by Gasteiger charge is 2.25. The summed E-state index contributed by atoms with van der Waals surface area (Å²) in [7, 11) is 1.96. The molecule has 4 N–H and O–H groups in total. The van der Waals surface area contributed by atoms with Crippen LogP contribution in [0.1, 0.15) is 66.6 Å². The molecule has 0 fully saturated rings. The number of H-pyrrole nitrogens is 1. The molecule has 31 heavy (non-hydrogen) atoms. The first kappa shape index (κ1) is 22.8. The van der Waals surface area contributed by atoms with Crippen LogP contribution < -0.4 is 16.0 Å². The number of nitrogens with one attached hydrogen (secondary N) is 4. The first-order chi connectivity index (χ1) is 14.9. The van der Waals surface area contributed by atoms with Crippen molar-refractivity contribution in [1.82, 2.24) is 15.6 Å². The number of carbonyl (C=O) groups excluding carboxylic acids is 2. The number of aromatic amines is 1. The minimum Gasteiger partial charge on any atom is -0.359 e. The molecule has 6 heteroatoms. The number of hydrogen-bond acceptors (Lipinski definition) is 3. The van der Waals surface area contributed by atoms with Gasteiger partial charge in [0.2, 0.25) is 5.91 Å². The van der Waals surface area contributed by atoms with Crippen LogP contribution >= 0.6 is 0 Å². The van der Waals surface area contributed by atoms with Crippen molar-refractivity contribution in [3.8, 4) is 0 Å². The van der Waals surface area contributed by atoms with Crippen molar-refractivity contribution < 1.29 is 9.59 Å². The van der Waals surface area contributed by atoms with Crippen LogP contribution in [-0.4, -0.2) is 36.9 Å². The van der Waals surface area contributed by atoms with Gasteiger partial charge < -0.3 is 20.9 Å². The van der Waals surface area contributed by atoms with Gasteiger partial charge in [-0.3, -0.25) is 9.59 Å². The van der Waals surface area contributed by atoms with Gasteiger partial charge in [-0.1, -0.05) is 31.5 Å². The monoisotopic (exact) mass is 422 g/mol. The van der Waals surface area contributed by atoms with Crippen molar-refractivity contribution >= 4 is 29.2 Å². The number of anilines is 1. The van der Waals surface area contributed by atoms with Crippen molar-refractivity contribution in [3.63, 3.8) is 0 Å². The summed E-state index contributed by atoms with van der Waals surface area (Å²) < 4.78 is 0. The normalized spacial score (nSPS) is 15.1. The Balaban J connectivity index is 1.66. The number of benzene rings is 1. The van der Waals surface area contributed by atoms with E-state index in [4.69, 9.17) is 0 Å². The van der Waals surface area contributed by atoms with E-state index in [0.717, 1.165) is 66.1 Å². The van der Waals surface area contributed by atoms with Gasteiger partial charge >= 0.3 is 0 Å². The Morgan fingerprint density at radius 3 is 2.65 bits per heavy atom. The lowest BCUT2D eigenvalue weighted by molar-refractivity contribution is -0.121. The standard InChI is InChI=1S/C25H34N4O2/c1-16(14-23(30)27-13-9-5-8-12-26-4)24-17(2)22(28-18(24)3)15-20-19-10-6-7-11-21(19)29-25(20)31/h6-7,10-11,15-16,26,28H,5,8-9,12-14H2,1-4H3,(H,27,30)(H,29,31). The number of rotatable bonds is 10. The molecule has 2 aromatic rings. The minimum absolute atomic E-state index is 0.0865. The second-order valence-electron chi connectivity index (χ2n) is 8.38. The lowest BCUT2D eigenvalue weighted by Crippen LogP contribution is -2.25. The third kappa shape index (κ3) is 5.44. The largest absolute Gasteiger partial charge is 0.359 e. The first-order valence-corrected chi connectivity index (χ1v) is 11.1. The fourth-order valence-corrected chi connectivity index (χ4v) is 4.38. The molecule has 1 aliphatic heterocycles. The molecule has 0 bridgehead atoms. The van der Waals surface area contributed by atoms with Gasteiger partial charge in [0.1, 0.15) is 0 Å². The molecule has 0 spiro atoms. The molecule has 1 aromatic carbocycles. The van der Waals surface area contributed by atoms with Crippen LogP contribution in [0.25, 0.3) is 11.6 Å². The average Bonchev–Trinajstić information content (AvgIpc) is 3.20. The second-order valence-corrected chi connectivity index (χ2v) is 8.38. The molecule has 166 valence electrons. The fourth-order valence-electron chi connectivity index (χ4n) is 4.38. The molecule has 2 amide bonds. The van der Waals surface area contributed by atoms with Gasteiger partial charge in [0.25, 0.3) is 5.91 Å². The van der Waals surface area contributed by atoms with Gasteiger partial charge in [-0.25, -0.2) is 0 Å². The molecule has 0 aliphatic carbocycles. The molecule has 1 unspecified atom stereocenters. The van der Waals surface area contributed by atoms with Crippen LogP contribution in [0.4, 0.5) is 5.69 Å². The maximum absolute atomic E-state index is 12.5. The van der Waals surface area contributed by atoms with Crippen molar-refractivity contribution in [3.05, 3.63) is 52.3 Å². The number of carbonyl (C=O) groups is 2. The predicted octanol–water partition coefficient (Wildman–Crippen LogP) is 4.12. The van der Waals surface area contributed by atoms with E-state index in [-0.39, 0.29) is 17.7 Å². The highest BCUT2D eigenvalue weighted by Crippen LogP contribution is 2.35. The average molecular weight is 423 g/mol. The quantitative estimate of drug-likeness (QED) is 0.343. The maximum atomic E-state index is 12.5. The van der Waals surface area contributed by atoms with Gasteiger partial charge in [0, 0.05) is 35.6 Å². The number of aryl methyl sites for hydroxylation is 1. The molecular formula is C25H34N4O2. The molecule has 1 aliphatic rings. The molecule has 0 saturated heterocycles. The van der Waals surface area contributed by atoms with E-state index >= 15 is 0 Å². The predicted molar refractivity (Wildman–Crippen MR) is 127 cm³/mol. The maximum Gasteiger partial charge on any atom is 0.256 e. The summed E-state index contributed by atoms with van der Waals surface area (Å²) in [5, 5.41) is 9.10. The van der Waals surface area contributed by atoms with Gasteiger partial charge in [-0.05, 0) is 69.5 Å². The Bertz CT molecular complexity index is 974. The van der Waals surface area contributed by atoms with Crippen LogP contribution in [0.2, 0.25) is 0 Å². The summed E-state index contributed by atoms with van der Waals surface area (Å²) in [4.78, 5) is 28.3. The topological polar surface area (TPSA) is 86.0 Å². The number of amides is 2. The molecule has 0 saturated carbocycles. The van der Waals surface area contributed by atoms with Crippen LogP contribution in [0.3, 0.4) is 0 Å². The van der Waals surface area contributed by atoms with Crippen LogP contribution in [-0.2, 0) is 9.59 Å². The molecule has 0 radical (unpaired) electrons. The van der Waals surface area contributed by atoms with E-state index < -0.39 is 0 Å². The number of unbranched alkanes of at least 4 members (excludes halogenated alkanes) is 2. The zero-order valence-electron chi connectivity index (χ0n) is 19.0. The van der Waals surface area contributed by atoms with E-state index in [2.05, 4.69) is 34.8 Å². The summed E-state index contributed by atoms with van der Waals surface area (Å²) in [5.74, 6) is 0.0963. The van der Waals surface area contributed by atoms with Gasteiger partial charge in [-0.2, -0.15) is 0 Å². The Hall–Kier alpha value is -2.86. The molecule has 3 rings (SSSR count). The summed E-state index contributed by atoms with van der Waals surface area (Å²) in [5.41, 5.74) is 6.64. The zero-order valence-corrected chi connectivity index (χ0v) is 19.0. The Kier molecular flexibility index (Phi) is 7.69. The highest BCUT2D eigenvalue weighted by atomic mass is 16.2. The third-order valence-corrected chi connectivity index (χ3v) is 5.94. The van der Waals surface area contributed by atoms with E-state index in [1.165, 1.54) is 0 Å². The number of hydrogen-bond donors (Lipinski definition) is 4. The molecule has 1 atom stereocenters. The van der Waals surface area contributed by atoms with E-state index in [1.807, 2.05) is 44.3 Å². The smallest absolute Gasteiger partial charge is 0.256 e. The lowest BCUT2D eigenvalue weighted by Gasteiger charge is -2.13. The highest BCUT2D eigenvalue weighted by molar-refractivity contribution is 6.34. The van der Waals surface area contributed by atoms with Crippen LogP contribution in [0.5, 0.6) is 0 Å². The summed E-state index contributed by atoms with van der Waals surface area (Å²) >= 11 is 0. The number of para-hydroxylation sites is 1. The summed E-state index contributed by atoms with van der Waals surface area (Å²) in [6, 6.07) is 7.72. The van der Waals surface area contributed by atoms with E-state index in [1.54, 1.807) is 0 Å². The van der Waals surface area contributed by atoms with Crippen LogP contribution in [0, 0.1) is 13.8 Å². The number of fused-ring (bicyclic) bond motifs is 1. The molecule has 2 heterocycles. The van der Waals surface area contributed by atoms with Crippen molar-refractivity contribution in [2.45, 2.75) is 52.4 Å². The van der Waals surface area contributed by atoms with Gasteiger partial charge in [-0.15, -0.1) is 0 Å². The van der Waals surface area contributed by atoms with Crippen molar-refractivity contribution in [1.29, 1.82) is 0 Å².